The average Bonchev–Trinajstić information content (AvgIpc) is 2.92. The maximum absolute atomic E-state index is 12.1. The number of halogens is 1. The summed E-state index contributed by atoms with van der Waals surface area (Å²) in [6.07, 6.45) is 0.913. The third-order valence-electron chi connectivity index (χ3n) is 3.74. The number of nitrogens with one attached hydrogen (secondary N) is 2. The number of hydrogen-bond acceptors (Lipinski definition) is 6. The number of hydrogen-bond donors (Lipinski definition) is 2. The summed E-state index contributed by atoms with van der Waals surface area (Å²) >= 11 is 7.11. The van der Waals surface area contributed by atoms with Gasteiger partial charge < -0.3 is 0 Å². The predicted molar refractivity (Wildman–Crippen MR) is 105 cm³/mol. The van der Waals surface area contributed by atoms with Crippen molar-refractivity contribution in [2.75, 3.05) is 11.2 Å². The number of carbonyl (C=O) groups excluding carboxylic acids is 1. The highest BCUT2D eigenvalue weighted by atomic mass is 79.9. The van der Waals surface area contributed by atoms with Gasteiger partial charge in [-0.2, -0.15) is 0 Å². The maximum atomic E-state index is 12.1. The number of aryl methyl sites for hydroxylation is 1. The van der Waals surface area contributed by atoms with Crippen molar-refractivity contribution in [3.05, 3.63) is 57.4 Å². The number of carbonyl (C=O) groups is 1. The van der Waals surface area contributed by atoms with Crippen LogP contribution in [0.25, 0.3) is 11.3 Å². The van der Waals surface area contributed by atoms with Gasteiger partial charge in [-0.05, 0) is 52.2 Å². The van der Waals surface area contributed by atoms with Crippen molar-refractivity contribution < 1.29 is 4.79 Å². The van der Waals surface area contributed by atoms with E-state index in [0.29, 0.717) is 11.4 Å². The van der Waals surface area contributed by atoms with Crippen LogP contribution in [-0.4, -0.2) is 21.9 Å². The van der Waals surface area contributed by atoms with Gasteiger partial charge in [0.25, 0.3) is 5.91 Å². The predicted octanol–water partition coefficient (Wildman–Crippen LogP) is 4.37. The Morgan fingerprint density at radius 3 is 2.84 bits per heavy atom. The molecule has 1 amide bonds. The topological polar surface area (TPSA) is 66.9 Å². The van der Waals surface area contributed by atoms with E-state index in [9.17, 15) is 4.79 Å². The van der Waals surface area contributed by atoms with Crippen molar-refractivity contribution >= 4 is 50.8 Å². The first-order chi connectivity index (χ1) is 12.2. The second-order valence-electron chi connectivity index (χ2n) is 5.40. The Hall–Kier alpha value is -1.90. The van der Waals surface area contributed by atoms with Gasteiger partial charge in [0.15, 0.2) is 5.82 Å². The van der Waals surface area contributed by atoms with Crippen LogP contribution in [-0.2, 0) is 6.42 Å². The largest absolute Gasteiger partial charge is 0.280 e. The van der Waals surface area contributed by atoms with E-state index < -0.39 is 0 Å². The molecule has 0 saturated carbocycles. The first kappa shape index (κ1) is 16.6. The average molecular weight is 433 g/mol. The van der Waals surface area contributed by atoms with E-state index in [-0.39, 0.29) is 5.91 Å². The summed E-state index contributed by atoms with van der Waals surface area (Å²) < 4.78 is 2.36. The summed E-state index contributed by atoms with van der Waals surface area (Å²) in [7, 11) is 0. The molecule has 1 aliphatic rings. The van der Waals surface area contributed by atoms with Gasteiger partial charge in [-0.3, -0.25) is 15.6 Å². The van der Waals surface area contributed by atoms with E-state index in [2.05, 4.69) is 43.0 Å². The molecule has 4 rings (SSSR count). The summed E-state index contributed by atoms with van der Waals surface area (Å²) in [4.78, 5) is 12.1. The summed E-state index contributed by atoms with van der Waals surface area (Å²) in [6, 6.07) is 13.1. The molecule has 3 heterocycles. The van der Waals surface area contributed by atoms with Crippen LogP contribution in [0.15, 0.2) is 50.5 Å². The minimum atomic E-state index is -0.211. The lowest BCUT2D eigenvalue weighted by molar-refractivity contribution is 0.0962. The lowest BCUT2D eigenvalue weighted by Gasteiger charge is -2.10. The van der Waals surface area contributed by atoms with Crippen LogP contribution in [0.3, 0.4) is 0 Å². The van der Waals surface area contributed by atoms with Gasteiger partial charge in [-0.1, -0.05) is 18.2 Å². The molecule has 0 fully saturated rings. The number of fused-ring (bicyclic) bond motifs is 3. The van der Waals surface area contributed by atoms with Crippen molar-refractivity contribution in [3.63, 3.8) is 0 Å². The molecule has 3 aromatic rings. The molecule has 2 N–H and O–H groups in total. The quantitative estimate of drug-likeness (QED) is 0.601. The fraction of sp³-hybridized carbons (Fsp3) is 0.118. The van der Waals surface area contributed by atoms with Gasteiger partial charge >= 0.3 is 0 Å². The fourth-order valence-corrected chi connectivity index (χ4v) is 5.79. The van der Waals surface area contributed by atoms with Gasteiger partial charge in [-0.15, -0.1) is 33.3 Å². The smallest absolute Gasteiger partial charge is 0.269 e. The van der Waals surface area contributed by atoms with Gasteiger partial charge in [0.05, 0.1) is 13.7 Å². The molecule has 0 spiro atoms. The Bertz CT molecular complexity index is 930. The zero-order chi connectivity index (χ0) is 17.2. The zero-order valence-corrected chi connectivity index (χ0v) is 16.2. The molecule has 1 aromatic carbocycles. The number of rotatable bonds is 3. The van der Waals surface area contributed by atoms with E-state index >= 15 is 0 Å². The monoisotopic (exact) mass is 432 g/mol. The SMILES string of the molecule is O=C(NNc1cc2c(nn1)-c1cc(Br)sc1SCC2)c1ccccc1. The van der Waals surface area contributed by atoms with Gasteiger partial charge in [0, 0.05) is 16.9 Å². The second kappa shape index (κ2) is 7.15. The summed E-state index contributed by atoms with van der Waals surface area (Å²) in [5.41, 5.74) is 9.27. The first-order valence-corrected chi connectivity index (χ1v) is 10.2. The highest BCUT2D eigenvalue weighted by Gasteiger charge is 2.20. The number of hydrazine groups is 1. The van der Waals surface area contributed by atoms with Crippen LogP contribution in [0.1, 0.15) is 15.9 Å². The lowest BCUT2D eigenvalue weighted by Crippen LogP contribution is -2.30. The highest BCUT2D eigenvalue weighted by molar-refractivity contribution is 9.11. The van der Waals surface area contributed by atoms with Crippen molar-refractivity contribution in [1.82, 2.24) is 15.6 Å². The molecule has 0 aliphatic carbocycles. The summed E-state index contributed by atoms with van der Waals surface area (Å²) in [6.45, 7) is 0. The number of nitrogens with zero attached hydrogens (tertiary/aromatic N) is 2. The van der Waals surface area contributed by atoms with Crippen molar-refractivity contribution in [2.45, 2.75) is 10.6 Å². The summed E-state index contributed by atoms with van der Waals surface area (Å²) in [5, 5.41) is 8.60. The highest BCUT2D eigenvalue weighted by Crippen LogP contribution is 2.43. The molecule has 0 unspecified atom stereocenters. The van der Waals surface area contributed by atoms with E-state index in [1.807, 2.05) is 36.0 Å². The maximum Gasteiger partial charge on any atom is 0.269 e. The van der Waals surface area contributed by atoms with E-state index in [1.165, 1.54) is 4.21 Å². The Morgan fingerprint density at radius 1 is 1.16 bits per heavy atom. The third kappa shape index (κ3) is 3.56. The molecule has 0 atom stereocenters. The molecule has 0 saturated heterocycles. The van der Waals surface area contributed by atoms with Gasteiger partial charge in [0.1, 0.15) is 0 Å². The minimum absolute atomic E-state index is 0.211. The molecule has 5 nitrogen and oxygen atoms in total. The molecular formula is C17H13BrN4OS2. The number of aromatic nitrogens is 2. The Balaban J connectivity index is 1.54. The van der Waals surface area contributed by atoms with Crippen LogP contribution in [0.5, 0.6) is 0 Å². The van der Waals surface area contributed by atoms with Crippen LogP contribution >= 0.6 is 39.0 Å². The Morgan fingerprint density at radius 2 is 2.00 bits per heavy atom. The van der Waals surface area contributed by atoms with E-state index in [4.69, 9.17) is 0 Å². The first-order valence-electron chi connectivity index (χ1n) is 7.61. The van der Waals surface area contributed by atoms with Crippen LogP contribution in [0, 0.1) is 0 Å². The molecule has 0 bridgehead atoms. The van der Waals surface area contributed by atoms with Gasteiger partial charge in [0.2, 0.25) is 0 Å². The lowest BCUT2D eigenvalue weighted by atomic mass is 10.1. The van der Waals surface area contributed by atoms with Gasteiger partial charge in [-0.25, -0.2) is 0 Å². The number of thioether (sulfide) groups is 1. The van der Waals surface area contributed by atoms with Crippen LogP contribution in [0.4, 0.5) is 5.82 Å². The van der Waals surface area contributed by atoms with Crippen molar-refractivity contribution in [3.8, 4) is 11.3 Å². The molecule has 0 radical (unpaired) electrons. The Kier molecular flexibility index (Phi) is 4.74. The van der Waals surface area contributed by atoms with Crippen LogP contribution in [0.2, 0.25) is 0 Å². The number of amides is 1. The Labute approximate surface area is 161 Å². The summed E-state index contributed by atoms with van der Waals surface area (Å²) in [5.74, 6) is 1.32. The van der Waals surface area contributed by atoms with Crippen LogP contribution < -0.4 is 10.9 Å². The fourth-order valence-electron chi connectivity index (χ4n) is 2.56. The van der Waals surface area contributed by atoms with Crippen molar-refractivity contribution in [2.24, 2.45) is 0 Å². The number of thiophene rings is 1. The third-order valence-corrected chi connectivity index (χ3v) is 6.67. The number of benzene rings is 1. The van der Waals surface area contributed by atoms with E-state index in [1.54, 1.807) is 23.5 Å². The molecule has 8 heteroatoms. The van der Waals surface area contributed by atoms with Crippen molar-refractivity contribution in [1.29, 1.82) is 0 Å². The molecule has 126 valence electrons. The van der Waals surface area contributed by atoms with E-state index in [0.717, 1.165) is 32.8 Å². The molecular weight excluding hydrogens is 420 g/mol. The second-order valence-corrected chi connectivity index (χ2v) is 9.19. The minimum Gasteiger partial charge on any atom is -0.280 e. The standard InChI is InChI=1S/C17H13BrN4OS2/c18-13-9-12-15-11(6-7-24-17(12)25-13)8-14(19-21-15)20-22-16(23)10-4-2-1-3-5-10/h1-5,8-9H,6-7H2,(H,19,20)(H,22,23). The number of anilines is 1. The zero-order valence-electron chi connectivity index (χ0n) is 13.0. The molecule has 2 aromatic heterocycles. The molecule has 1 aliphatic heterocycles. The normalized spacial score (nSPS) is 12.7. The molecule has 25 heavy (non-hydrogen) atoms.